The fourth-order valence-corrected chi connectivity index (χ4v) is 4.34. The molecule has 0 bridgehead atoms. The van der Waals surface area contributed by atoms with Crippen LogP contribution in [0.3, 0.4) is 0 Å². The van der Waals surface area contributed by atoms with E-state index < -0.39 is 0 Å². The number of hydrogen-bond donors (Lipinski definition) is 2. The molecule has 6 nitrogen and oxygen atoms in total. The molecule has 1 unspecified atom stereocenters. The number of benzene rings is 3. The Labute approximate surface area is 190 Å². The van der Waals surface area contributed by atoms with Gasteiger partial charge in [0.05, 0.1) is 16.9 Å². The van der Waals surface area contributed by atoms with Gasteiger partial charge in [-0.1, -0.05) is 54.6 Å². The van der Waals surface area contributed by atoms with E-state index in [0.29, 0.717) is 29.7 Å². The summed E-state index contributed by atoms with van der Waals surface area (Å²) in [6, 6.07) is 21.9. The van der Waals surface area contributed by atoms with Crippen LogP contribution in [0.25, 0.3) is 22.3 Å². The molecule has 0 saturated heterocycles. The number of para-hydroxylation sites is 2. The molecule has 1 aliphatic rings. The molecule has 1 atom stereocenters. The summed E-state index contributed by atoms with van der Waals surface area (Å²) in [5.74, 6) is -0.269. The van der Waals surface area contributed by atoms with Crippen LogP contribution in [0.15, 0.2) is 82.0 Å². The molecule has 33 heavy (non-hydrogen) atoms. The Hall–Kier alpha value is -4.19. The fourth-order valence-electron chi connectivity index (χ4n) is 4.34. The van der Waals surface area contributed by atoms with Crippen LogP contribution in [0.4, 0.5) is 5.69 Å². The number of nitrogens with one attached hydrogen (secondary N) is 2. The Morgan fingerprint density at radius 1 is 0.970 bits per heavy atom. The zero-order valence-electron chi connectivity index (χ0n) is 18.1. The van der Waals surface area contributed by atoms with Gasteiger partial charge in [0.25, 0.3) is 5.91 Å². The highest BCUT2D eigenvalue weighted by Gasteiger charge is 2.29. The van der Waals surface area contributed by atoms with Crippen LogP contribution in [0.5, 0.6) is 0 Å². The maximum Gasteiger partial charge on any atom is 0.255 e. The fraction of sp³-hybridized carbons (Fsp3) is 0.148. The number of anilines is 1. The largest absolute Gasteiger partial charge is 0.455 e. The van der Waals surface area contributed by atoms with Gasteiger partial charge in [-0.25, -0.2) is 0 Å². The second-order valence-electron chi connectivity index (χ2n) is 8.11. The van der Waals surface area contributed by atoms with Crippen LogP contribution in [-0.2, 0) is 4.79 Å². The van der Waals surface area contributed by atoms with E-state index in [9.17, 15) is 14.4 Å². The second-order valence-corrected chi connectivity index (χ2v) is 8.11. The predicted molar refractivity (Wildman–Crippen MR) is 127 cm³/mol. The molecule has 1 aliphatic heterocycles. The first-order chi connectivity index (χ1) is 16.0. The van der Waals surface area contributed by atoms with Gasteiger partial charge in [0.1, 0.15) is 5.76 Å². The van der Waals surface area contributed by atoms with Crippen molar-refractivity contribution in [2.75, 3.05) is 11.9 Å². The maximum absolute atomic E-state index is 13.0. The first kappa shape index (κ1) is 20.7. The van der Waals surface area contributed by atoms with Crippen molar-refractivity contribution < 1.29 is 14.0 Å². The Kier molecular flexibility index (Phi) is 5.26. The summed E-state index contributed by atoms with van der Waals surface area (Å²) < 4.78 is 6.13. The molecule has 2 amide bonds. The van der Waals surface area contributed by atoms with Gasteiger partial charge in [0.15, 0.2) is 11.0 Å². The molecule has 1 aromatic heterocycles. The predicted octanol–water partition coefficient (Wildman–Crippen LogP) is 4.62. The first-order valence-electron chi connectivity index (χ1n) is 10.8. The zero-order chi connectivity index (χ0) is 22.9. The summed E-state index contributed by atoms with van der Waals surface area (Å²) in [5, 5.41) is 6.12. The lowest BCUT2D eigenvalue weighted by atomic mass is 9.97. The molecular formula is C27H22N2O4. The molecule has 2 heterocycles. The highest BCUT2D eigenvalue weighted by atomic mass is 16.3. The van der Waals surface area contributed by atoms with Crippen LogP contribution in [0.2, 0.25) is 0 Å². The Morgan fingerprint density at radius 3 is 2.55 bits per heavy atom. The van der Waals surface area contributed by atoms with E-state index in [1.807, 2.05) is 54.6 Å². The Bertz CT molecular complexity index is 1440. The molecule has 164 valence electrons. The molecule has 3 aromatic carbocycles. The average Bonchev–Trinajstić information content (AvgIpc) is 3.16. The molecule has 0 aliphatic carbocycles. The van der Waals surface area contributed by atoms with Gasteiger partial charge in [-0.2, -0.15) is 0 Å². The van der Waals surface area contributed by atoms with E-state index >= 15 is 0 Å². The minimum Gasteiger partial charge on any atom is -0.455 e. The summed E-state index contributed by atoms with van der Waals surface area (Å²) in [4.78, 5) is 38.4. The number of carbonyl (C=O) groups excluding carboxylic acids is 2. The number of fused-ring (bicyclic) bond motifs is 2. The summed E-state index contributed by atoms with van der Waals surface area (Å²) in [6.45, 7) is 2.04. The third-order valence-corrected chi connectivity index (χ3v) is 6.05. The summed E-state index contributed by atoms with van der Waals surface area (Å²) in [7, 11) is 0. The molecule has 5 rings (SSSR count). The minimum atomic E-state index is -0.349. The summed E-state index contributed by atoms with van der Waals surface area (Å²) in [6.07, 6.45) is 0.470. The van der Waals surface area contributed by atoms with E-state index in [1.54, 1.807) is 25.1 Å². The van der Waals surface area contributed by atoms with Crippen molar-refractivity contribution in [1.82, 2.24) is 5.32 Å². The highest BCUT2D eigenvalue weighted by molar-refractivity contribution is 6.05. The van der Waals surface area contributed by atoms with Crippen molar-refractivity contribution in [3.8, 4) is 11.3 Å². The third kappa shape index (κ3) is 3.69. The van der Waals surface area contributed by atoms with Crippen molar-refractivity contribution in [1.29, 1.82) is 0 Å². The molecule has 2 N–H and O–H groups in total. The van der Waals surface area contributed by atoms with Crippen molar-refractivity contribution in [3.63, 3.8) is 0 Å². The van der Waals surface area contributed by atoms with Crippen molar-refractivity contribution in [2.24, 2.45) is 0 Å². The average molecular weight is 438 g/mol. The number of rotatable bonds is 5. The van der Waals surface area contributed by atoms with E-state index in [2.05, 4.69) is 10.6 Å². The topological polar surface area (TPSA) is 88.4 Å². The van der Waals surface area contributed by atoms with Gasteiger partial charge < -0.3 is 15.1 Å². The highest BCUT2D eigenvalue weighted by Crippen LogP contribution is 2.34. The summed E-state index contributed by atoms with van der Waals surface area (Å²) in [5.41, 5.74) is 3.41. The lowest BCUT2D eigenvalue weighted by Gasteiger charge is -2.12. The van der Waals surface area contributed by atoms with Gasteiger partial charge >= 0.3 is 0 Å². The number of amides is 2. The smallest absolute Gasteiger partial charge is 0.255 e. The monoisotopic (exact) mass is 438 g/mol. The van der Waals surface area contributed by atoms with Crippen LogP contribution in [0, 0.1) is 6.92 Å². The van der Waals surface area contributed by atoms with Crippen LogP contribution in [0.1, 0.15) is 33.8 Å². The Balaban J connectivity index is 1.42. The number of hydrogen-bond acceptors (Lipinski definition) is 4. The molecule has 0 saturated carbocycles. The van der Waals surface area contributed by atoms with E-state index in [4.69, 9.17) is 4.42 Å². The molecule has 4 aromatic rings. The normalized spacial score (nSPS) is 14.7. The molecule has 0 radical (unpaired) electrons. The molecule has 0 spiro atoms. The van der Waals surface area contributed by atoms with Crippen molar-refractivity contribution in [3.05, 3.63) is 99.7 Å². The van der Waals surface area contributed by atoms with Crippen LogP contribution in [-0.4, -0.2) is 18.4 Å². The maximum atomic E-state index is 13.0. The van der Waals surface area contributed by atoms with Crippen LogP contribution < -0.4 is 16.1 Å². The van der Waals surface area contributed by atoms with Crippen molar-refractivity contribution >= 4 is 28.5 Å². The first-order valence-corrected chi connectivity index (χ1v) is 10.8. The minimum absolute atomic E-state index is 0.0652. The van der Waals surface area contributed by atoms with Crippen LogP contribution >= 0.6 is 0 Å². The molecule has 6 heteroatoms. The van der Waals surface area contributed by atoms with Crippen molar-refractivity contribution in [2.45, 2.75) is 19.3 Å². The Morgan fingerprint density at radius 2 is 1.73 bits per heavy atom. The van der Waals surface area contributed by atoms with E-state index in [1.165, 1.54) is 0 Å². The number of carbonyl (C=O) groups is 2. The molecular weight excluding hydrogens is 416 g/mol. The molecule has 0 fully saturated rings. The van der Waals surface area contributed by atoms with Gasteiger partial charge in [0, 0.05) is 23.4 Å². The third-order valence-electron chi connectivity index (χ3n) is 6.05. The van der Waals surface area contributed by atoms with Gasteiger partial charge in [-0.3, -0.25) is 14.4 Å². The van der Waals surface area contributed by atoms with Gasteiger partial charge in [-0.05, 0) is 37.1 Å². The second kappa shape index (κ2) is 8.39. The lowest BCUT2D eigenvalue weighted by Crippen LogP contribution is -2.27. The van der Waals surface area contributed by atoms with Gasteiger partial charge in [-0.15, -0.1) is 0 Å². The van der Waals surface area contributed by atoms with E-state index in [0.717, 1.165) is 16.8 Å². The van der Waals surface area contributed by atoms with E-state index in [-0.39, 0.29) is 34.3 Å². The SMILES string of the molecule is Cc1c(-c2ccccc2)oc2c(C(=O)NCCC3C(=O)Nc4ccccc43)cccc2c1=O. The standard InChI is InChI=1S/C27H22N2O4/c1-16-23(30)20-11-7-12-21(25(20)33-24(16)17-8-3-2-4-9-17)26(31)28-15-14-19-18-10-5-6-13-22(18)29-27(19)32/h2-13,19H,14-15H2,1H3,(H,28,31)(H,29,32). The lowest BCUT2D eigenvalue weighted by molar-refractivity contribution is -0.117. The summed E-state index contributed by atoms with van der Waals surface area (Å²) >= 11 is 0. The van der Waals surface area contributed by atoms with Gasteiger partial charge in [0.2, 0.25) is 5.91 Å². The quantitative estimate of drug-likeness (QED) is 0.476. The zero-order valence-corrected chi connectivity index (χ0v) is 18.1.